The van der Waals surface area contributed by atoms with Crippen molar-refractivity contribution in [2.24, 2.45) is 5.92 Å². The molecule has 0 bridgehead atoms. The van der Waals surface area contributed by atoms with Gasteiger partial charge in [-0.15, -0.1) is 0 Å². The van der Waals surface area contributed by atoms with E-state index in [1.54, 1.807) is 6.20 Å². The average Bonchev–Trinajstić information content (AvgIpc) is 3.28. The monoisotopic (exact) mass is 422 g/mol. The molecule has 0 atom stereocenters. The Hall–Kier alpha value is -2.63. The molecule has 1 aliphatic carbocycles. The van der Waals surface area contributed by atoms with Crippen molar-refractivity contribution in [1.82, 2.24) is 14.7 Å². The zero-order valence-electron chi connectivity index (χ0n) is 18.3. The van der Waals surface area contributed by atoms with Gasteiger partial charge >= 0.3 is 0 Å². The highest BCUT2D eigenvalue weighted by Crippen LogP contribution is 2.30. The first-order valence-electron chi connectivity index (χ1n) is 11.9. The topological polar surface area (TPSA) is 67.2 Å². The maximum atomic E-state index is 12.8. The molecule has 1 aromatic heterocycles. The second-order valence-electron chi connectivity index (χ2n) is 8.94. The zero-order chi connectivity index (χ0) is 21.5. The minimum absolute atomic E-state index is 0.0302. The van der Waals surface area contributed by atoms with E-state index >= 15 is 0 Å². The number of nitrogens with one attached hydrogen (secondary N) is 1. The van der Waals surface area contributed by atoms with E-state index in [0.717, 1.165) is 57.4 Å². The molecule has 0 spiro atoms. The predicted molar refractivity (Wildman–Crippen MR) is 122 cm³/mol. The quantitative estimate of drug-likeness (QED) is 0.710. The van der Waals surface area contributed by atoms with Gasteiger partial charge in [-0.1, -0.05) is 49.6 Å². The van der Waals surface area contributed by atoms with Crippen molar-refractivity contribution in [3.63, 3.8) is 0 Å². The fourth-order valence-electron chi connectivity index (χ4n) is 4.95. The van der Waals surface area contributed by atoms with E-state index < -0.39 is 0 Å². The molecule has 6 heteroatoms. The summed E-state index contributed by atoms with van der Waals surface area (Å²) < 4.78 is 1.94. The number of rotatable bonds is 7. The second kappa shape index (κ2) is 10.6. The van der Waals surface area contributed by atoms with Gasteiger partial charge in [-0.05, 0) is 44.1 Å². The molecular weight excluding hydrogens is 388 g/mol. The van der Waals surface area contributed by atoms with E-state index in [-0.39, 0.29) is 17.9 Å². The van der Waals surface area contributed by atoms with Gasteiger partial charge in [-0.3, -0.25) is 9.59 Å². The number of aryl methyl sites for hydroxylation is 1. The van der Waals surface area contributed by atoms with Gasteiger partial charge in [0.15, 0.2) is 0 Å². The molecule has 2 fully saturated rings. The van der Waals surface area contributed by atoms with Crippen molar-refractivity contribution in [2.75, 3.05) is 18.4 Å². The lowest BCUT2D eigenvalue weighted by Crippen LogP contribution is -2.42. The molecule has 1 aromatic carbocycles. The van der Waals surface area contributed by atoms with Gasteiger partial charge in [0.2, 0.25) is 11.8 Å². The molecule has 4 rings (SSSR count). The number of hydrogen-bond donors (Lipinski definition) is 1. The maximum Gasteiger partial charge on any atom is 0.225 e. The van der Waals surface area contributed by atoms with Crippen LogP contribution in [0.1, 0.15) is 69.4 Å². The fraction of sp³-hybridized carbons (Fsp3) is 0.560. The average molecular weight is 423 g/mol. The molecule has 31 heavy (non-hydrogen) atoms. The number of likely N-dealkylation sites (tertiary alicyclic amines) is 1. The number of piperidine rings is 1. The van der Waals surface area contributed by atoms with E-state index in [1.165, 1.54) is 24.8 Å². The first kappa shape index (κ1) is 21.6. The van der Waals surface area contributed by atoms with Crippen LogP contribution in [0, 0.1) is 5.92 Å². The van der Waals surface area contributed by atoms with E-state index in [4.69, 9.17) is 0 Å². The summed E-state index contributed by atoms with van der Waals surface area (Å²) in [6.07, 6.45) is 11.5. The summed E-state index contributed by atoms with van der Waals surface area (Å²) in [6, 6.07) is 12.4. The van der Waals surface area contributed by atoms with E-state index in [1.807, 2.05) is 28.9 Å². The molecule has 2 aromatic rings. The molecule has 1 saturated heterocycles. The third-order valence-electron chi connectivity index (χ3n) is 6.73. The second-order valence-corrected chi connectivity index (χ2v) is 8.94. The van der Waals surface area contributed by atoms with Crippen molar-refractivity contribution in [2.45, 2.75) is 70.3 Å². The summed E-state index contributed by atoms with van der Waals surface area (Å²) in [5.41, 5.74) is 1.26. The number of amides is 2. The van der Waals surface area contributed by atoms with Gasteiger partial charge in [-0.2, -0.15) is 5.10 Å². The highest BCUT2D eigenvalue weighted by molar-refractivity contribution is 5.89. The number of carbonyl (C=O) groups excluding carboxylic acids is 2. The lowest BCUT2D eigenvalue weighted by Gasteiger charge is -2.35. The molecule has 1 aliphatic heterocycles. The van der Waals surface area contributed by atoms with Gasteiger partial charge in [0.25, 0.3) is 0 Å². The van der Waals surface area contributed by atoms with Crippen molar-refractivity contribution >= 4 is 17.6 Å². The van der Waals surface area contributed by atoms with Crippen LogP contribution < -0.4 is 5.32 Å². The Balaban J connectivity index is 1.24. The molecular formula is C25H34N4O2. The highest BCUT2D eigenvalue weighted by Gasteiger charge is 2.30. The van der Waals surface area contributed by atoms with Crippen LogP contribution in [0.15, 0.2) is 42.6 Å². The number of carbonyl (C=O) groups is 2. The molecule has 1 N–H and O–H groups in total. The molecule has 2 amide bonds. The Morgan fingerprint density at radius 2 is 1.71 bits per heavy atom. The van der Waals surface area contributed by atoms with E-state index in [2.05, 4.69) is 27.4 Å². The normalized spacial score (nSPS) is 18.1. The number of hydrogen-bond acceptors (Lipinski definition) is 3. The summed E-state index contributed by atoms with van der Waals surface area (Å²) >= 11 is 0. The van der Waals surface area contributed by atoms with Crippen LogP contribution in [-0.4, -0.2) is 39.6 Å². The van der Waals surface area contributed by atoms with Crippen LogP contribution in [0.2, 0.25) is 0 Å². The minimum Gasteiger partial charge on any atom is -0.342 e. The van der Waals surface area contributed by atoms with Crippen LogP contribution in [0.25, 0.3) is 0 Å². The first-order valence-corrected chi connectivity index (χ1v) is 11.9. The fourth-order valence-corrected chi connectivity index (χ4v) is 4.95. The van der Waals surface area contributed by atoms with Crippen molar-refractivity contribution in [3.8, 4) is 0 Å². The van der Waals surface area contributed by atoms with Gasteiger partial charge < -0.3 is 10.2 Å². The Bertz CT molecular complexity index is 849. The standard InChI is InChI=1S/C25H34N4O2/c30-24(13-7-10-20-8-3-1-4-9-20)27-23-14-17-26-29(23)22-15-18-28(19-16-22)25(31)21-11-5-2-6-12-21/h1,3-4,8-9,14,17,21-22H,2,5-7,10-13,15-16,18-19H2,(H,27,30). The minimum atomic E-state index is 0.0302. The molecule has 6 nitrogen and oxygen atoms in total. The maximum absolute atomic E-state index is 12.8. The summed E-state index contributed by atoms with van der Waals surface area (Å²) in [4.78, 5) is 27.3. The van der Waals surface area contributed by atoms with Gasteiger partial charge in [0, 0.05) is 31.5 Å². The van der Waals surface area contributed by atoms with Crippen LogP contribution in [-0.2, 0) is 16.0 Å². The highest BCUT2D eigenvalue weighted by atomic mass is 16.2. The molecule has 1 saturated carbocycles. The van der Waals surface area contributed by atoms with E-state index in [9.17, 15) is 9.59 Å². The third kappa shape index (κ3) is 5.75. The summed E-state index contributed by atoms with van der Waals surface area (Å²) in [5, 5.41) is 7.52. The first-order chi connectivity index (χ1) is 15.2. The number of benzene rings is 1. The SMILES string of the molecule is O=C(CCCc1ccccc1)Nc1ccnn1C1CCN(C(=O)C2CCCCC2)CC1. The van der Waals surface area contributed by atoms with Crippen molar-refractivity contribution in [3.05, 3.63) is 48.2 Å². The summed E-state index contributed by atoms with van der Waals surface area (Å²) in [5.74, 6) is 1.38. The Morgan fingerprint density at radius 1 is 0.968 bits per heavy atom. The van der Waals surface area contributed by atoms with E-state index in [0.29, 0.717) is 12.3 Å². The summed E-state index contributed by atoms with van der Waals surface area (Å²) in [7, 11) is 0. The molecule has 0 radical (unpaired) electrons. The van der Waals surface area contributed by atoms with Gasteiger partial charge in [0.1, 0.15) is 5.82 Å². The smallest absolute Gasteiger partial charge is 0.225 e. The predicted octanol–water partition coefficient (Wildman–Crippen LogP) is 4.59. The lowest BCUT2D eigenvalue weighted by molar-refractivity contribution is -0.137. The Morgan fingerprint density at radius 3 is 2.45 bits per heavy atom. The number of nitrogens with zero attached hydrogens (tertiary/aromatic N) is 3. The van der Waals surface area contributed by atoms with Crippen LogP contribution in [0.5, 0.6) is 0 Å². The Kier molecular flexibility index (Phi) is 7.39. The van der Waals surface area contributed by atoms with Crippen molar-refractivity contribution < 1.29 is 9.59 Å². The van der Waals surface area contributed by atoms with Gasteiger partial charge in [-0.25, -0.2) is 4.68 Å². The van der Waals surface area contributed by atoms with Crippen LogP contribution in [0.4, 0.5) is 5.82 Å². The van der Waals surface area contributed by atoms with Crippen LogP contribution in [0.3, 0.4) is 0 Å². The molecule has 2 aliphatic rings. The molecule has 2 heterocycles. The van der Waals surface area contributed by atoms with Crippen LogP contribution >= 0.6 is 0 Å². The summed E-state index contributed by atoms with van der Waals surface area (Å²) in [6.45, 7) is 1.56. The zero-order valence-corrected chi connectivity index (χ0v) is 18.3. The number of aromatic nitrogens is 2. The van der Waals surface area contributed by atoms with Crippen molar-refractivity contribution in [1.29, 1.82) is 0 Å². The number of anilines is 1. The van der Waals surface area contributed by atoms with Gasteiger partial charge in [0.05, 0.1) is 12.2 Å². The lowest BCUT2D eigenvalue weighted by atomic mass is 9.87. The largest absolute Gasteiger partial charge is 0.342 e. The Labute approximate surface area is 185 Å². The third-order valence-corrected chi connectivity index (χ3v) is 6.73. The molecule has 0 unspecified atom stereocenters. The molecule has 166 valence electrons.